The molecule has 21 heavy (non-hydrogen) atoms. The first-order chi connectivity index (χ1) is 10.0. The van der Waals surface area contributed by atoms with E-state index in [1.54, 1.807) is 7.11 Å². The van der Waals surface area contributed by atoms with E-state index in [-0.39, 0.29) is 12.1 Å². The Morgan fingerprint density at radius 2 is 2.00 bits per heavy atom. The van der Waals surface area contributed by atoms with Crippen molar-refractivity contribution in [2.75, 3.05) is 20.2 Å². The molecule has 1 heterocycles. The molecule has 0 aromatic heterocycles. The van der Waals surface area contributed by atoms with Crippen molar-refractivity contribution < 1.29 is 9.53 Å². The van der Waals surface area contributed by atoms with Gasteiger partial charge in [-0.05, 0) is 44.7 Å². The second-order valence-electron chi connectivity index (χ2n) is 5.95. The zero-order chi connectivity index (χ0) is 15.4. The first kappa shape index (κ1) is 15.8. The number of amides is 2. The number of nitrogens with zero attached hydrogens (tertiary/aromatic N) is 1. The Morgan fingerprint density at radius 3 is 2.62 bits per heavy atom. The monoisotopic (exact) mass is 290 g/mol. The van der Waals surface area contributed by atoms with Gasteiger partial charge in [-0.2, -0.15) is 0 Å². The zero-order valence-electron chi connectivity index (χ0n) is 13.5. The van der Waals surface area contributed by atoms with E-state index in [1.165, 1.54) is 16.7 Å². The van der Waals surface area contributed by atoms with Crippen LogP contribution in [0.2, 0.25) is 0 Å². The van der Waals surface area contributed by atoms with E-state index in [1.807, 2.05) is 11.8 Å². The Balaban J connectivity index is 1.95. The molecule has 1 aliphatic rings. The molecule has 4 nitrogen and oxygen atoms in total. The van der Waals surface area contributed by atoms with Crippen LogP contribution in [-0.2, 0) is 4.74 Å². The number of rotatable bonds is 3. The maximum absolute atomic E-state index is 12.3. The standard InChI is InChI=1S/C17H26N2O2/c1-12-5-6-13(2)16(11-12)14(3)18-17(20)19-9-7-15(21-4)8-10-19/h5-6,11,14-15H,7-10H2,1-4H3,(H,18,20). The number of nitrogens with one attached hydrogen (secondary N) is 1. The van der Waals surface area contributed by atoms with Gasteiger partial charge in [-0.25, -0.2) is 4.79 Å². The maximum Gasteiger partial charge on any atom is 0.317 e. The first-order valence-corrected chi connectivity index (χ1v) is 7.66. The number of methoxy groups -OCH3 is 1. The van der Waals surface area contributed by atoms with E-state index in [2.05, 4.69) is 37.4 Å². The van der Waals surface area contributed by atoms with E-state index >= 15 is 0 Å². The largest absolute Gasteiger partial charge is 0.381 e. The minimum Gasteiger partial charge on any atom is -0.381 e. The third-order valence-electron chi connectivity index (χ3n) is 4.30. The minimum absolute atomic E-state index is 0.0255. The number of piperidine rings is 1. The van der Waals surface area contributed by atoms with Crippen molar-refractivity contribution in [2.24, 2.45) is 0 Å². The van der Waals surface area contributed by atoms with Crippen LogP contribution < -0.4 is 5.32 Å². The summed E-state index contributed by atoms with van der Waals surface area (Å²) in [4.78, 5) is 14.2. The van der Waals surface area contributed by atoms with Gasteiger partial charge >= 0.3 is 6.03 Å². The molecule has 2 rings (SSSR count). The lowest BCUT2D eigenvalue weighted by Crippen LogP contribution is -2.46. The van der Waals surface area contributed by atoms with Gasteiger partial charge in [0.05, 0.1) is 12.1 Å². The predicted molar refractivity (Wildman–Crippen MR) is 84.5 cm³/mol. The van der Waals surface area contributed by atoms with Crippen LogP contribution in [0.3, 0.4) is 0 Å². The van der Waals surface area contributed by atoms with Crippen LogP contribution in [0.4, 0.5) is 4.79 Å². The molecule has 4 heteroatoms. The summed E-state index contributed by atoms with van der Waals surface area (Å²) in [6.45, 7) is 7.74. The fraction of sp³-hybridized carbons (Fsp3) is 0.588. The molecule has 1 aromatic carbocycles. The van der Waals surface area contributed by atoms with E-state index in [0.29, 0.717) is 6.10 Å². The highest BCUT2D eigenvalue weighted by Crippen LogP contribution is 2.20. The average molecular weight is 290 g/mol. The van der Waals surface area contributed by atoms with Crippen molar-refractivity contribution in [3.05, 3.63) is 34.9 Å². The molecule has 0 saturated carbocycles. The third-order valence-corrected chi connectivity index (χ3v) is 4.30. The highest BCUT2D eigenvalue weighted by molar-refractivity contribution is 5.74. The van der Waals surface area contributed by atoms with Gasteiger partial charge in [0, 0.05) is 20.2 Å². The quantitative estimate of drug-likeness (QED) is 0.929. The Labute approximate surface area is 127 Å². The van der Waals surface area contributed by atoms with E-state index < -0.39 is 0 Å². The number of likely N-dealkylation sites (tertiary alicyclic amines) is 1. The summed E-state index contributed by atoms with van der Waals surface area (Å²) in [6, 6.07) is 6.41. The molecule has 1 saturated heterocycles. The molecule has 0 aliphatic carbocycles. The van der Waals surface area contributed by atoms with Crippen LogP contribution in [-0.4, -0.2) is 37.2 Å². The van der Waals surface area contributed by atoms with E-state index in [9.17, 15) is 4.79 Å². The number of ether oxygens (including phenoxy) is 1. The molecular weight excluding hydrogens is 264 g/mol. The Hall–Kier alpha value is -1.55. The van der Waals surface area contributed by atoms with Gasteiger partial charge < -0.3 is 15.0 Å². The molecule has 0 bridgehead atoms. The lowest BCUT2D eigenvalue weighted by molar-refractivity contribution is 0.0500. The topological polar surface area (TPSA) is 41.6 Å². The molecule has 1 unspecified atom stereocenters. The zero-order valence-corrected chi connectivity index (χ0v) is 13.5. The first-order valence-electron chi connectivity index (χ1n) is 7.66. The lowest BCUT2D eigenvalue weighted by Gasteiger charge is -2.32. The van der Waals surface area contributed by atoms with Crippen molar-refractivity contribution in [3.63, 3.8) is 0 Å². The molecule has 0 spiro atoms. The molecule has 1 aromatic rings. The van der Waals surface area contributed by atoms with Crippen LogP contribution in [0.5, 0.6) is 0 Å². The number of carbonyl (C=O) groups excluding carboxylic acids is 1. The van der Waals surface area contributed by atoms with E-state index in [4.69, 9.17) is 4.74 Å². The number of urea groups is 1. The van der Waals surface area contributed by atoms with Crippen LogP contribution in [0.15, 0.2) is 18.2 Å². The van der Waals surface area contributed by atoms with Crippen molar-refractivity contribution in [1.29, 1.82) is 0 Å². The van der Waals surface area contributed by atoms with Crippen LogP contribution in [0.1, 0.15) is 42.5 Å². The second kappa shape index (κ2) is 6.94. The van der Waals surface area contributed by atoms with Gasteiger partial charge in [-0.1, -0.05) is 23.8 Å². The SMILES string of the molecule is COC1CCN(C(=O)NC(C)c2cc(C)ccc2C)CC1. The summed E-state index contributed by atoms with van der Waals surface area (Å²) in [5.41, 5.74) is 3.62. The highest BCUT2D eigenvalue weighted by Gasteiger charge is 2.23. The summed E-state index contributed by atoms with van der Waals surface area (Å²) in [6.07, 6.45) is 2.13. The van der Waals surface area contributed by atoms with Gasteiger partial charge in [-0.15, -0.1) is 0 Å². The fourth-order valence-electron chi connectivity index (χ4n) is 2.88. The normalized spacial score (nSPS) is 17.6. The minimum atomic E-state index is 0.0255. The van der Waals surface area contributed by atoms with Crippen LogP contribution >= 0.6 is 0 Å². The van der Waals surface area contributed by atoms with Gasteiger partial charge in [0.15, 0.2) is 0 Å². The van der Waals surface area contributed by atoms with Crippen molar-refractivity contribution in [1.82, 2.24) is 10.2 Å². The Bertz CT molecular complexity index is 494. The maximum atomic E-state index is 12.3. The molecule has 0 radical (unpaired) electrons. The number of hydrogen-bond acceptors (Lipinski definition) is 2. The summed E-state index contributed by atoms with van der Waals surface area (Å²) < 4.78 is 5.34. The smallest absolute Gasteiger partial charge is 0.317 e. The number of carbonyl (C=O) groups is 1. The Kier molecular flexibility index (Phi) is 5.23. The van der Waals surface area contributed by atoms with Gasteiger partial charge in [0.1, 0.15) is 0 Å². The highest BCUT2D eigenvalue weighted by atomic mass is 16.5. The fourth-order valence-corrected chi connectivity index (χ4v) is 2.88. The summed E-state index contributed by atoms with van der Waals surface area (Å²) >= 11 is 0. The van der Waals surface area contributed by atoms with Crippen LogP contribution in [0.25, 0.3) is 0 Å². The van der Waals surface area contributed by atoms with Crippen molar-refractivity contribution >= 4 is 6.03 Å². The Morgan fingerprint density at radius 1 is 1.33 bits per heavy atom. The van der Waals surface area contributed by atoms with Gasteiger partial charge in [0.25, 0.3) is 0 Å². The predicted octanol–water partition coefficient (Wildman–Crippen LogP) is 3.18. The second-order valence-corrected chi connectivity index (χ2v) is 5.95. The number of hydrogen-bond donors (Lipinski definition) is 1. The molecule has 1 fully saturated rings. The van der Waals surface area contributed by atoms with Gasteiger partial charge in [-0.3, -0.25) is 0 Å². The molecule has 1 aliphatic heterocycles. The lowest BCUT2D eigenvalue weighted by atomic mass is 10.00. The molecule has 1 N–H and O–H groups in total. The molecule has 1 atom stereocenters. The van der Waals surface area contributed by atoms with Crippen molar-refractivity contribution in [3.8, 4) is 0 Å². The van der Waals surface area contributed by atoms with Crippen molar-refractivity contribution in [2.45, 2.75) is 45.8 Å². The molecular formula is C17H26N2O2. The third kappa shape index (κ3) is 3.97. The number of aryl methyl sites for hydroxylation is 2. The number of benzene rings is 1. The molecule has 2 amide bonds. The summed E-state index contributed by atoms with van der Waals surface area (Å²) in [5, 5.41) is 3.11. The summed E-state index contributed by atoms with van der Waals surface area (Å²) in [7, 11) is 1.74. The van der Waals surface area contributed by atoms with E-state index in [0.717, 1.165) is 25.9 Å². The average Bonchev–Trinajstić information content (AvgIpc) is 2.49. The van der Waals surface area contributed by atoms with Crippen LogP contribution in [0, 0.1) is 13.8 Å². The summed E-state index contributed by atoms with van der Waals surface area (Å²) in [5.74, 6) is 0. The van der Waals surface area contributed by atoms with Gasteiger partial charge in [0.2, 0.25) is 0 Å². The molecule has 116 valence electrons.